The van der Waals surface area contributed by atoms with Crippen LogP contribution in [0, 0.1) is 6.92 Å². The van der Waals surface area contributed by atoms with Crippen LogP contribution in [-0.4, -0.2) is 9.55 Å². The van der Waals surface area contributed by atoms with E-state index in [0.717, 1.165) is 18.9 Å². The zero-order valence-corrected chi connectivity index (χ0v) is 11.4. The van der Waals surface area contributed by atoms with Gasteiger partial charge >= 0.3 is 0 Å². The van der Waals surface area contributed by atoms with Crippen LogP contribution >= 0.6 is 0 Å². The molecule has 96 valence electrons. The Labute approximate surface area is 109 Å². The molecule has 2 rings (SSSR count). The maximum absolute atomic E-state index is 4.38. The first-order chi connectivity index (χ1) is 8.72. The molecular weight excluding hydrogens is 222 g/mol. The first-order valence-corrected chi connectivity index (χ1v) is 6.55. The maximum Gasteiger partial charge on any atom is 0.203 e. The van der Waals surface area contributed by atoms with Gasteiger partial charge in [-0.3, -0.25) is 0 Å². The van der Waals surface area contributed by atoms with Crippen molar-refractivity contribution in [3.63, 3.8) is 0 Å². The van der Waals surface area contributed by atoms with E-state index < -0.39 is 0 Å². The van der Waals surface area contributed by atoms with Crippen molar-refractivity contribution in [2.45, 2.75) is 39.8 Å². The van der Waals surface area contributed by atoms with Crippen LogP contribution < -0.4 is 5.32 Å². The molecule has 0 fully saturated rings. The van der Waals surface area contributed by atoms with E-state index in [2.05, 4.69) is 59.9 Å². The number of aryl methyl sites for hydroxylation is 2. The van der Waals surface area contributed by atoms with Crippen molar-refractivity contribution in [2.75, 3.05) is 5.32 Å². The molecule has 18 heavy (non-hydrogen) atoms. The van der Waals surface area contributed by atoms with Crippen molar-refractivity contribution in [3.8, 4) is 0 Å². The van der Waals surface area contributed by atoms with Gasteiger partial charge in [0.25, 0.3) is 0 Å². The molecule has 2 aromatic rings. The van der Waals surface area contributed by atoms with Crippen molar-refractivity contribution in [1.29, 1.82) is 0 Å². The van der Waals surface area contributed by atoms with Crippen molar-refractivity contribution < 1.29 is 0 Å². The summed E-state index contributed by atoms with van der Waals surface area (Å²) in [5, 5.41) is 3.48. The molecule has 0 bridgehead atoms. The third kappa shape index (κ3) is 2.73. The Balaban J connectivity index is 2.14. The fourth-order valence-electron chi connectivity index (χ4n) is 2.21. The van der Waals surface area contributed by atoms with E-state index in [9.17, 15) is 0 Å². The Morgan fingerprint density at radius 2 is 2.11 bits per heavy atom. The summed E-state index contributed by atoms with van der Waals surface area (Å²) >= 11 is 0. The Morgan fingerprint density at radius 1 is 1.33 bits per heavy atom. The van der Waals surface area contributed by atoms with Gasteiger partial charge in [-0.1, -0.05) is 31.2 Å². The van der Waals surface area contributed by atoms with E-state index in [-0.39, 0.29) is 6.04 Å². The third-order valence-corrected chi connectivity index (χ3v) is 3.18. The summed E-state index contributed by atoms with van der Waals surface area (Å²) in [6, 6.07) is 8.73. The largest absolute Gasteiger partial charge is 0.349 e. The molecule has 1 atom stereocenters. The van der Waals surface area contributed by atoms with Crippen LogP contribution in [0.15, 0.2) is 36.7 Å². The molecular formula is C15H21N3. The highest BCUT2D eigenvalue weighted by molar-refractivity contribution is 5.36. The van der Waals surface area contributed by atoms with Gasteiger partial charge < -0.3 is 9.88 Å². The monoisotopic (exact) mass is 243 g/mol. The smallest absolute Gasteiger partial charge is 0.203 e. The van der Waals surface area contributed by atoms with Crippen LogP contribution in [0.5, 0.6) is 0 Å². The van der Waals surface area contributed by atoms with Gasteiger partial charge in [-0.25, -0.2) is 4.98 Å². The van der Waals surface area contributed by atoms with E-state index in [1.807, 2.05) is 12.4 Å². The lowest BCUT2D eigenvalue weighted by Gasteiger charge is -2.18. The minimum atomic E-state index is 0.268. The fourth-order valence-corrected chi connectivity index (χ4v) is 2.21. The summed E-state index contributed by atoms with van der Waals surface area (Å²) in [6.45, 7) is 7.50. The number of benzene rings is 1. The predicted octanol–water partition coefficient (Wildman–Crippen LogP) is 3.77. The predicted molar refractivity (Wildman–Crippen MR) is 75.7 cm³/mol. The number of rotatable bonds is 5. The number of hydrogen-bond acceptors (Lipinski definition) is 2. The van der Waals surface area contributed by atoms with E-state index in [4.69, 9.17) is 0 Å². The molecule has 1 unspecified atom stereocenters. The van der Waals surface area contributed by atoms with Gasteiger partial charge in [0, 0.05) is 18.9 Å². The molecule has 1 aromatic carbocycles. The average Bonchev–Trinajstić information content (AvgIpc) is 2.78. The minimum absolute atomic E-state index is 0.268. The molecule has 0 aliphatic rings. The molecule has 0 amide bonds. The van der Waals surface area contributed by atoms with Crippen LogP contribution in [0.1, 0.15) is 37.4 Å². The van der Waals surface area contributed by atoms with Gasteiger partial charge in [-0.2, -0.15) is 0 Å². The zero-order chi connectivity index (χ0) is 13.0. The lowest BCUT2D eigenvalue weighted by Crippen LogP contribution is -2.12. The van der Waals surface area contributed by atoms with Gasteiger partial charge in [0.15, 0.2) is 0 Å². The lowest BCUT2D eigenvalue weighted by molar-refractivity contribution is 0.674. The lowest BCUT2D eigenvalue weighted by atomic mass is 10.0. The second-order valence-corrected chi connectivity index (χ2v) is 4.67. The summed E-state index contributed by atoms with van der Waals surface area (Å²) in [6.07, 6.45) is 4.99. The average molecular weight is 243 g/mol. The summed E-state index contributed by atoms with van der Waals surface area (Å²) in [5.41, 5.74) is 2.63. The topological polar surface area (TPSA) is 29.9 Å². The number of nitrogens with one attached hydrogen (secondary N) is 1. The molecule has 3 nitrogen and oxygen atoms in total. The van der Waals surface area contributed by atoms with Crippen LogP contribution in [-0.2, 0) is 6.54 Å². The van der Waals surface area contributed by atoms with Crippen LogP contribution in [0.3, 0.4) is 0 Å². The number of anilines is 1. The van der Waals surface area contributed by atoms with Gasteiger partial charge in [0.1, 0.15) is 0 Å². The minimum Gasteiger partial charge on any atom is -0.349 e. The molecule has 0 spiro atoms. The van der Waals surface area contributed by atoms with Crippen LogP contribution in [0.4, 0.5) is 5.95 Å². The molecule has 3 heteroatoms. The molecule has 0 aliphatic carbocycles. The molecule has 1 aromatic heterocycles. The standard InChI is InChI=1S/C15H21N3/c1-4-10-18-11-9-16-15(18)17-13(3)14-8-6-5-7-12(14)2/h5-9,11,13H,4,10H2,1-3H3,(H,16,17). The molecule has 0 radical (unpaired) electrons. The van der Waals surface area contributed by atoms with Crippen LogP contribution in [0.2, 0.25) is 0 Å². The Bertz CT molecular complexity index is 502. The van der Waals surface area contributed by atoms with Gasteiger partial charge in [-0.15, -0.1) is 0 Å². The van der Waals surface area contributed by atoms with E-state index in [0.29, 0.717) is 0 Å². The number of hydrogen-bond donors (Lipinski definition) is 1. The SMILES string of the molecule is CCCn1ccnc1NC(C)c1ccccc1C. The van der Waals surface area contributed by atoms with E-state index in [1.165, 1.54) is 11.1 Å². The highest BCUT2D eigenvalue weighted by Crippen LogP contribution is 2.21. The second kappa shape index (κ2) is 5.71. The van der Waals surface area contributed by atoms with Crippen molar-refractivity contribution in [2.24, 2.45) is 0 Å². The van der Waals surface area contributed by atoms with Gasteiger partial charge in [0.2, 0.25) is 5.95 Å². The van der Waals surface area contributed by atoms with E-state index >= 15 is 0 Å². The Kier molecular flexibility index (Phi) is 4.03. The molecule has 1 N–H and O–H groups in total. The summed E-state index contributed by atoms with van der Waals surface area (Å²) in [7, 11) is 0. The highest BCUT2D eigenvalue weighted by atomic mass is 15.2. The molecule has 0 saturated carbocycles. The number of nitrogens with zero attached hydrogens (tertiary/aromatic N) is 2. The Hall–Kier alpha value is -1.77. The van der Waals surface area contributed by atoms with Crippen molar-refractivity contribution in [1.82, 2.24) is 9.55 Å². The molecule has 1 heterocycles. The first-order valence-electron chi connectivity index (χ1n) is 6.55. The third-order valence-electron chi connectivity index (χ3n) is 3.18. The van der Waals surface area contributed by atoms with Crippen molar-refractivity contribution in [3.05, 3.63) is 47.8 Å². The highest BCUT2D eigenvalue weighted by Gasteiger charge is 2.10. The van der Waals surface area contributed by atoms with Gasteiger partial charge in [0.05, 0.1) is 6.04 Å². The molecule has 0 saturated heterocycles. The first kappa shape index (κ1) is 12.7. The Morgan fingerprint density at radius 3 is 2.83 bits per heavy atom. The fraction of sp³-hybridized carbons (Fsp3) is 0.400. The normalized spacial score (nSPS) is 12.4. The van der Waals surface area contributed by atoms with Crippen LogP contribution in [0.25, 0.3) is 0 Å². The van der Waals surface area contributed by atoms with Gasteiger partial charge in [-0.05, 0) is 31.4 Å². The number of imidazole rings is 1. The number of aromatic nitrogens is 2. The molecule has 0 aliphatic heterocycles. The maximum atomic E-state index is 4.38. The summed E-state index contributed by atoms with van der Waals surface area (Å²) in [5.74, 6) is 0.951. The second-order valence-electron chi connectivity index (χ2n) is 4.67. The van der Waals surface area contributed by atoms with Crippen molar-refractivity contribution >= 4 is 5.95 Å². The quantitative estimate of drug-likeness (QED) is 0.866. The summed E-state index contributed by atoms with van der Waals surface area (Å²) < 4.78 is 2.16. The zero-order valence-electron chi connectivity index (χ0n) is 11.4. The van der Waals surface area contributed by atoms with E-state index in [1.54, 1.807) is 0 Å². The summed E-state index contributed by atoms with van der Waals surface area (Å²) in [4.78, 5) is 4.38.